The van der Waals surface area contributed by atoms with Crippen LogP contribution < -0.4 is 4.74 Å². The van der Waals surface area contributed by atoms with Gasteiger partial charge in [0.15, 0.2) is 0 Å². The van der Waals surface area contributed by atoms with Gasteiger partial charge in [0.25, 0.3) is 0 Å². The molecule has 1 aromatic carbocycles. The Morgan fingerprint density at radius 3 is 2.69 bits per heavy atom. The number of hydrogen-bond donors (Lipinski definition) is 0. The minimum Gasteiger partial charge on any atom is -0.435 e. The Hall–Kier alpha value is -1.45. The highest BCUT2D eigenvalue weighted by Crippen LogP contribution is 2.20. The summed E-state index contributed by atoms with van der Waals surface area (Å²) in [5.74, 6) is 0.0413. The Morgan fingerprint density at radius 2 is 2.15 bits per heavy atom. The predicted octanol–water partition coefficient (Wildman–Crippen LogP) is 2.41. The molecule has 0 saturated carbocycles. The number of aryl methyl sites for hydroxylation is 1. The number of benzene rings is 1. The summed E-state index contributed by atoms with van der Waals surface area (Å²) in [5.41, 5.74) is 0.896. The lowest BCUT2D eigenvalue weighted by molar-refractivity contribution is -0.0503. The Bertz CT molecular complexity index is 310. The molecule has 0 N–H and O–H groups in total. The first-order valence-corrected chi connectivity index (χ1v) is 3.64. The lowest BCUT2D eigenvalue weighted by Crippen LogP contribution is -2.03. The molecule has 13 heavy (non-hydrogen) atoms. The molecule has 0 bridgehead atoms. The van der Waals surface area contributed by atoms with Gasteiger partial charge in [0.1, 0.15) is 12.0 Å². The molecule has 0 aliphatic heterocycles. The van der Waals surface area contributed by atoms with Crippen molar-refractivity contribution in [1.82, 2.24) is 0 Å². The average Bonchev–Trinajstić information content (AvgIpc) is 2.08. The maximum absolute atomic E-state index is 11.8. The highest BCUT2D eigenvalue weighted by Gasteiger charge is 2.07. The summed E-state index contributed by atoms with van der Waals surface area (Å²) in [5, 5.41) is 0. The fraction of sp³-hybridized carbons (Fsp3) is 0.222. The average molecular weight is 186 g/mol. The number of alkyl halides is 2. The van der Waals surface area contributed by atoms with Crippen LogP contribution in [0.3, 0.4) is 0 Å². The summed E-state index contributed by atoms with van der Waals surface area (Å²) in [7, 11) is 0. The molecule has 0 unspecified atom stereocenters. The summed E-state index contributed by atoms with van der Waals surface area (Å²) in [6.07, 6.45) is 0.581. The predicted molar refractivity (Wildman–Crippen MR) is 43.2 cm³/mol. The first-order chi connectivity index (χ1) is 6.13. The van der Waals surface area contributed by atoms with Gasteiger partial charge in [-0.1, -0.05) is 12.1 Å². The van der Waals surface area contributed by atoms with Gasteiger partial charge in [-0.25, -0.2) is 0 Å². The Balaban J connectivity index is 2.96. The van der Waals surface area contributed by atoms with E-state index in [-0.39, 0.29) is 5.75 Å². The van der Waals surface area contributed by atoms with Gasteiger partial charge in [-0.3, -0.25) is 4.79 Å². The number of hydrogen-bond acceptors (Lipinski definition) is 2. The van der Waals surface area contributed by atoms with Gasteiger partial charge in [-0.2, -0.15) is 8.78 Å². The van der Waals surface area contributed by atoms with Crippen LogP contribution in [-0.4, -0.2) is 12.9 Å². The smallest absolute Gasteiger partial charge is 0.387 e. The van der Waals surface area contributed by atoms with Gasteiger partial charge in [0.2, 0.25) is 0 Å². The molecule has 0 radical (unpaired) electrons. The molecular weight excluding hydrogens is 178 g/mol. The lowest BCUT2D eigenvalue weighted by atomic mass is 10.1. The number of aldehydes is 1. The molecule has 0 aromatic heterocycles. The van der Waals surface area contributed by atoms with Crippen LogP contribution in [0, 0.1) is 6.92 Å². The minimum atomic E-state index is -2.86. The summed E-state index contributed by atoms with van der Waals surface area (Å²) in [4.78, 5) is 10.3. The van der Waals surface area contributed by atoms with Gasteiger partial charge >= 0.3 is 6.61 Å². The molecular formula is C9H8F2O2. The van der Waals surface area contributed by atoms with E-state index in [9.17, 15) is 13.6 Å². The lowest BCUT2D eigenvalue weighted by Gasteiger charge is -2.07. The van der Waals surface area contributed by atoms with E-state index in [0.29, 0.717) is 17.4 Å². The first kappa shape index (κ1) is 9.64. The molecule has 0 aliphatic carbocycles. The van der Waals surface area contributed by atoms with E-state index in [1.54, 1.807) is 19.1 Å². The van der Waals surface area contributed by atoms with Crippen LogP contribution in [0.25, 0.3) is 0 Å². The van der Waals surface area contributed by atoms with Gasteiger partial charge in [0.05, 0.1) is 0 Å². The van der Waals surface area contributed by atoms with Crippen molar-refractivity contribution in [2.75, 3.05) is 0 Å². The van der Waals surface area contributed by atoms with Crippen molar-refractivity contribution < 1.29 is 18.3 Å². The first-order valence-electron chi connectivity index (χ1n) is 3.64. The molecule has 1 aromatic rings. The van der Waals surface area contributed by atoms with Crippen molar-refractivity contribution in [3.63, 3.8) is 0 Å². The van der Waals surface area contributed by atoms with Gasteiger partial charge in [0, 0.05) is 5.56 Å². The van der Waals surface area contributed by atoms with E-state index in [1.165, 1.54) is 6.07 Å². The molecule has 4 heteroatoms. The van der Waals surface area contributed by atoms with Crippen molar-refractivity contribution in [2.24, 2.45) is 0 Å². The van der Waals surface area contributed by atoms with Crippen molar-refractivity contribution in [1.29, 1.82) is 0 Å². The summed E-state index contributed by atoms with van der Waals surface area (Å²) >= 11 is 0. The minimum absolute atomic E-state index is 0.0413. The summed E-state index contributed by atoms with van der Waals surface area (Å²) in [6.45, 7) is -1.23. The van der Waals surface area contributed by atoms with Crippen LogP contribution in [0.5, 0.6) is 5.75 Å². The third-order valence-corrected chi connectivity index (χ3v) is 1.56. The monoisotopic (exact) mass is 186 g/mol. The molecule has 0 aliphatic rings. The highest BCUT2D eigenvalue weighted by atomic mass is 19.3. The van der Waals surface area contributed by atoms with Crippen LogP contribution in [0.1, 0.15) is 15.9 Å². The van der Waals surface area contributed by atoms with Crippen LogP contribution in [0.15, 0.2) is 18.2 Å². The van der Waals surface area contributed by atoms with E-state index in [2.05, 4.69) is 4.74 Å². The fourth-order valence-corrected chi connectivity index (χ4v) is 0.913. The number of carbonyl (C=O) groups excluding carboxylic acids is 1. The molecule has 0 amide bonds. The largest absolute Gasteiger partial charge is 0.435 e. The normalized spacial score (nSPS) is 10.2. The third-order valence-electron chi connectivity index (χ3n) is 1.56. The zero-order valence-electron chi connectivity index (χ0n) is 6.96. The van der Waals surface area contributed by atoms with Crippen molar-refractivity contribution in [3.8, 4) is 5.75 Å². The molecule has 0 saturated heterocycles. The summed E-state index contributed by atoms with van der Waals surface area (Å²) in [6, 6.07) is 4.39. The molecule has 2 nitrogen and oxygen atoms in total. The molecule has 1 rings (SSSR count). The van der Waals surface area contributed by atoms with Crippen LogP contribution in [0.4, 0.5) is 8.78 Å². The second kappa shape index (κ2) is 3.98. The van der Waals surface area contributed by atoms with Crippen LogP contribution >= 0.6 is 0 Å². The van der Waals surface area contributed by atoms with E-state index in [4.69, 9.17) is 0 Å². The second-order valence-corrected chi connectivity index (χ2v) is 2.52. The van der Waals surface area contributed by atoms with Gasteiger partial charge < -0.3 is 4.74 Å². The van der Waals surface area contributed by atoms with E-state index >= 15 is 0 Å². The Labute approximate surface area is 74.1 Å². The maximum atomic E-state index is 11.8. The quantitative estimate of drug-likeness (QED) is 0.677. The highest BCUT2D eigenvalue weighted by molar-refractivity contribution is 5.75. The fourth-order valence-electron chi connectivity index (χ4n) is 0.913. The van der Waals surface area contributed by atoms with Gasteiger partial charge in [-0.05, 0) is 18.6 Å². The molecule has 0 fully saturated rings. The maximum Gasteiger partial charge on any atom is 0.387 e. The van der Waals surface area contributed by atoms with Gasteiger partial charge in [-0.15, -0.1) is 0 Å². The number of ether oxygens (including phenoxy) is 1. The van der Waals surface area contributed by atoms with E-state index in [0.717, 1.165) is 0 Å². The van der Waals surface area contributed by atoms with Crippen LogP contribution in [-0.2, 0) is 0 Å². The zero-order valence-corrected chi connectivity index (χ0v) is 6.96. The molecule has 0 spiro atoms. The number of carbonyl (C=O) groups is 1. The molecule has 0 heterocycles. The number of rotatable bonds is 3. The van der Waals surface area contributed by atoms with Crippen molar-refractivity contribution in [3.05, 3.63) is 29.3 Å². The standard InChI is InChI=1S/C9H8F2O2/c1-6-2-3-7(5-12)4-8(6)13-9(10)11/h2-5,9H,1H3. The van der Waals surface area contributed by atoms with Crippen LogP contribution in [0.2, 0.25) is 0 Å². The SMILES string of the molecule is Cc1ccc(C=O)cc1OC(F)F. The van der Waals surface area contributed by atoms with Crippen molar-refractivity contribution in [2.45, 2.75) is 13.5 Å². The molecule has 0 atom stereocenters. The Morgan fingerprint density at radius 1 is 1.46 bits per heavy atom. The summed E-state index contributed by atoms with van der Waals surface area (Å²) < 4.78 is 27.8. The Kier molecular flexibility index (Phi) is 2.95. The third kappa shape index (κ3) is 2.50. The zero-order chi connectivity index (χ0) is 9.84. The number of halogens is 2. The van der Waals surface area contributed by atoms with E-state index in [1.807, 2.05) is 0 Å². The topological polar surface area (TPSA) is 26.3 Å². The van der Waals surface area contributed by atoms with Crippen molar-refractivity contribution >= 4 is 6.29 Å². The van der Waals surface area contributed by atoms with E-state index < -0.39 is 6.61 Å². The molecule has 70 valence electrons. The second-order valence-electron chi connectivity index (χ2n) is 2.52.